The summed E-state index contributed by atoms with van der Waals surface area (Å²) in [5, 5.41) is 12.8. The van der Waals surface area contributed by atoms with Crippen LogP contribution in [0.25, 0.3) is 0 Å². The number of esters is 1. The van der Waals surface area contributed by atoms with Crippen molar-refractivity contribution in [2.45, 2.75) is 13.3 Å². The fourth-order valence-corrected chi connectivity index (χ4v) is 2.44. The largest absolute Gasteiger partial charge is 0.462 e. The number of anilines is 2. The average molecular weight is 283 g/mol. The van der Waals surface area contributed by atoms with E-state index in [1.165, 1.54) is 0 Å². The Morgan fingerprint density at radius 1 is 1.58 bits per heavy atom. The van der Waals surface area contributed by atoms with Gasteiger partial charge in [0.1, 0.15) is 21.5 Å². The topological polar surface area (TPSA) is 97.4 Å². The van der Waals surface area contributed by atoms with Gasteiger partial charge in [-0.2, -0.15) is 5.26 Å². The zero-order chi connectivity index (χ0) is 14.3. The van der Waals surface area contributed by atoms with E-state index in [2.05, 4.69) is 5.32 Å². The number of nitrogens with zero attached hydrogens (tertiary/aromatic N) is 1. The highest BCUT2D eigenvalue weighted by Crippen LogP contribution is 2.35. The minimum Gasteiger partial charge on any atom is -0.462 e. The van der Waals surface area contributed by atoms with Crippen LogP contribution in [0, 0.1) is 11.3 Å². The third-order valence-electron chi connectivity index (χ3n) is 2.33. The van der Waals surface area contributed by atoms with Crippen molar-refractivity contribution in [2.24, 2.45) is 0 Å². The number of thiophene rings is 1. The molecule has 0 aliphatic rings. The molecular formula is C12H17N3O3S. The fraction of sp³-hybridized carbons (Fsp3) is 0.500. The summed E-state index contributed by atoms with van der Waals surface area (Å²) in [5.74, 6) is -0.494. The van der Waals surface area contributed by atoms with Crippen LogP contribution in [0.3, 0.4) is 0 Å². The van der Waals surface area contributed by atoms with Crippen molar-refractivity contribution < 1.29 is 14.3 Å². The summed E-state index contributed by atoms with van der Waals surface area (Å²) in [4.78, 5) is 11.9. The number of rotatable bonds is 7. The third kappa shape index (κ3) is 3.84. The molecule has 0 atom stereocenters. The lowest BCUT2D eigenvalue weighted by molar-refractivity contribution is 0.0533. The van der Waals surface area contributed by atoms with Crippen LogP contribution in [0.15, 0.2) is 0 Å². The maximum Gasteiger partial charge on any atom is 0.350 e. The van der Waals surface area contributed by atoms with E-state index in [1.807, 2.05) is 6.07 Å². The molecule has 1 aromatic rings. The predicted octanol–water partition coefficient (Wildman–Crippen LogP) is 1.83. The highest BCUT2D eigenvalue weighted by molar-refractivity contribution is 7.18. The van der Waals surface area contributed by atoms with Crippen LogP contribution in [0.2, 0.25) is 0 Å². The second kappa shape index (κ2) is 7.61. The van der Waals surface area contributed by atoms with Crippen molar-refractivity contribution in [3.05, 3.63) is 10.4 Å². The van der Waals surface area contributed by atoms with E-state index in [1.54, 1.807) is 14.0 Å². The van der Waals surface area contributed by atoms with E-state index in [-0.39, 0.29) is 17.2 Å². The lowest BCUT2D eigenvalue weighted by Gasteiger charge is -2.03. The van der Waals surface area contributed by atoms with Gasteiger partial charge in [0, 0.05) is 20.3 Å². The molecule has 104 valence electrons. The number of nitrogens with one attached hydrogen (secondary N) is 1. The van der Waals surface area contributed by atoms with Crippen LogP contribution in [0.1, 0.15) is 28.6 Å². The standard InChI is InChI=1S/C12H17N3O3S/c1-3-18-12(16)10-9(14)8(7-13)11(19-10)15-5-4-6-17-2/h15H,3-6,14H2,1-2H3. The Morgan fingerprint density at radius 3 is 2.89 bits per heavy atom. The molecule has 1 aromatic heterocycles. The highest BCUT2D eigenvalue weighted by atomic mass is 32.1. The van der Waals surface area contributed by atoms with E-state index in [9.17, 15) is 4.79 Å². The molecule has 19 heavy (non-hydrogen) atoms. The number of nitrogens with two attached hydrogens (primary N) is 1. The molecule has 0 fully saturated rings. The molecule has 0 radical (unpaired) electrons. The molecule has 0 bridgehead atoms. The molecular weight excluding hydrogens is 266 g/mol. The van der Waals surface area contributed by atoms with Crippen LogP contribution < -0.4 is 11.1 Å². The minimum absolute atomic E-state index is 0.181. The molecule has 0 aromatic carbocycles. The van der Waals surface area contributed by atoms with Crippen molar-refractivity contribution >= 4 is 28.0 Å². The van der Waals surface area contributed by atoms with Gasteiger partial charge in [-0.1, -0.05) is 0 Å². The van der Waals surface area contributed by atoms with Crippen molar-refractivity contribution in [3.63, 3.8) is 0 Å². The lowest BCUT2D eigenvalue weighted by atomic mass is 10.2. The minimum atomic E-state index is -0.494. The van der Waals surface area contributed by atoms with Gasteiger partial charge in [-0.3, -0.25) is 0 Å². The zero-order valence-electron chi connectivity index (χ0n) is 11.0. The number of hydrogen-bond donors (Lipinski definition) is 2. The van der Waals surface area contributed by atoms with Gasteiger partial charge in [0.15, 0.2) is 0 Å². The maximum atomic E-state index is 11.7. The molecule has 0 aliphatic carbocycles. The Bertz CT molecular complexity index is 479. The molecule has 0 saturated heterocycles. The molecule has 1 rings (SSSR count). The first kappa shape index (κ1) is 15.3. The third-order valence-corrected chi connectivity index (χ3v) is 3.47. The summed E-state index contributed by atoms with van der Waals surface area (Å²) in [6.07, 6.45) is 0.800. The molecule has 3 N–H and O–H groups in total. The van der Waals surface area contributed by atoms with E-state index in [0.717, 1.165) is 17.8 Å². The second-order valence-corrected chi connectivity index (χ2v) is 4.68. The molecule has 1 heterocycles. The monoisotopic (exact) mass is 283 g/mol. The SMILES string of the molecule is CCOC(=O)c1sc(NCCCOC)c(C#N)c1N. The van der Waals surface area contributed by atoms with Crippen LogP contribution in [0.5, 0.6) is 0 Å². The summed E-state index contributed by atoms with van der Waals surface area (Å²) in [7, 11) is 1.63. The Kier molecular flexibility index (Phi) is 6.12. The summed E-state index contributed by atoms with van der Waals surface area (Å²) in [6, 6.07) is 2.01. The Morgan fingerprint density at radius 2 is 2.32 bits per heavy atom. The molecule has 0 saturated carbocycles. The van der Waals surface area contributed by atoms with Gasteiger partial charge >= 0.3 is 5.97 Å². The molecule has 6 nitrogen and oxygen atoms in total. The maximum absolute atomic E-state index is 11.7. The smallest absolute Gasteiger partial charge is 0.350 e. The molecule has 0 unspecified atom stereocenters. The summed E-state index contributed by atoms with van der Waals surface area (Å²) in [5.41, 5.74) is 6.28. The first-order chi connectivity index (χ1) is 9.15. The first-order valence-corrected chi connectivity index (χ1v) is 6.69. The summed E-state index contributed by atoms with van der Waals surface area (Å²) >= 11 is 1.14. The number of carbonyl (C=O) groups is 1. The van der Waals surface area contributed by atoms with Crippen LogP contribution in [0.4, 0.5) is 10.7 Å². The van der Waals surface area contributed by atoms with Crippen molar-refractivity contribution in [1.82, 2.24) is 0 Å². The lowest BCUT2D eigenvalue weighted by Crippen LogP contribution is -2.05. The fourth-order valence-electron chi connectivity index (χ4n) is 1.45. The number of hydrogen-bond acceptors (Lipinski definition) is 7. The van der Waals surface area contributed by atoms with E-state index in [0.29, 0.717) is 23.7 Å². The summed E-state index contributed by atoms with van der Waals surface area (Å²) in [6.45, 7) is 3.26. The van der Waals surface area contributed by atoms with Gasteiger partial charge < -0.3 is 20.5 Å². The van der Waals surface area contributed by atoms with Gasteiger partial charge in [0.25, 0.3) is 0 Å². The number of nitrogen functional groups attached to an aromatic ring is 1. The predicted molar refractivity (Wildman–Crippen MR) is 74.4 cm³/mol. The first-order valence-electron chi connectivity index (χ1n) is 5.88. The van der Waals surface area contributed by atoms with Gasteiger partial charge in [-0.25, -0.2) is 4.79 Å². The molecule has 0 amide bonds. The van der Waals surface area contributed by atoms with E-state index < -0.39 is 5.97 Å². The van der Waals surface area contributed by atoms with Gasteiger partial charge in [-0.15, -0.1) is 11.3 Å². The normalized spacial score (nSPS) is 9.95. The zero-order valence-corrected chi connectivity index (χ0v) is 11.8. The van der Waals surface area contributed by atoms with E-state index >= 15 is 0 Å². The number of carbonyl (C=O) groups excluding carboxylic acids is 1. The number of ether oxygens (including phenoxy) is 2. The Hall–Kier alpha value is -1.78. The Labute approximate surface area is 116 Å². The van der Waals surface area contributed by atoms with Crippen molar-refractivity contribution in [3.8, 4) is 6.07 Å². The number of nitriles is 1. The van der Waals surface area contributed by atoms with Gasteiger partial charge in [0.2, 0.25) is 0 Å². The summed E-state index contributed by atoms with van der Waals surface area (Å²) < 4.78 is 9.83. The molecule has 0 aliphatic heterocycles. The van der Waals surface area contributed by atoms with Crippen molar-refractivity contribution in [1.29, 1.82) is 5.26 Å². The van der Waals surface area contributed by atoms with Crippen LogP contribution >= 0.6 is 11.3 Å². The molecule has 7 heteroatoms. The van der Waals surface area contributed by atoms with E-state index in [4.69, 9.17) is 20.5 Å². The second-order valence-electron chi connectivity index (χ2n) is 3.65. The molecule has 0 spiro atoms. The van der Waals surface area contributed by atoms with Crippen molar-refractivity contribution in [2.75, 3.05) is 37.9 Å². The van der Waals surface area contributed by atoms with Crippen LogP contribution in [-0.4, -0.2) is 32.8 Å². The van der Waals surface area contributed by atoms with Gasteiger partial charge in [0.05, 0.1) is 12.3 Å². The highest BCUT2D eigenvalue weighted by Gasteiger charge is 2.21. The quantitative estimate of drug-likeness (QED) is 0.585. The Balaban J connectivity index is 2.84. The van der Waals surface area contributed by atoms with Crippen LogP contribution in [-0.2, 0) is 9.47 Å². The average Bonchev–Trinajstić information content (AvgIpc) is 2.71. The number of methoxy groups -OCH3 is 1. The van der Waals surface area contributed by atoms with Gasteiger partial charge in [-0.05, 0) is 13.3 Å².